The lowest BCUT2D eigenvalue weighted by Crippen LogP contribution is -2.25. The van der Waals surface area contributed by atoms with E-state index in [0.717, 1.165) is 25.9 Å². The standard InChI is InChI=1S/C11H14FN3O/c12-8-3-13-11(14-4-8)15-5-7-1-2-10(16)9(7)6-15/h3-4,7,9-10,16H,1-2,5-6H2. The van der Waals surface area contributed by atoms with Crippen LogP contribution in [0, 0.1) is 17.7 Å². The molecule has 4 nitrogen and oxygen atoms in total. The molecule has 5 heteroatoms. The molecule has 86 valence electrons. The van der Waals surface area contributed by atoms with Crippen molar-refractivity contribution in [1.82, 2.24) is 9.97 Å². The highest BCUT2D eigenvalue weighted by molar-refractivity contribution is 5.32. The first kappa shape index (κ1) is 9.96. The Bertz CT molecular complexity index is 383. The molecule has 2 fully saturated rings. The number of nitrogens with zero attached hydrogens (tertiary/aromatic N) is 3. The van der Waals surface area contributed by atoms with Crippen LogP contribution >= 0.6 is 0 Å². The van der Waals surface area contributed by atoms with Crippen LogP contribution in [0.25, 0.3) is 0 Å². The number of aromatic nitrogens is 2. The van der Waals surface area contributed by atoms with Crippen molar-refractivity contribution < 1.29 is 9.50 Å². The van der Waals surface area contributed by atoms with E-state index in [1.54, 1.807) is 0 Å². The minimum atomic E-state index is -0.414. The molecule has 0 radical (unpaired) electrons. The molecule has 3 atom stereocenters. The minimum absolute atomic E-state index is 0.185. The molecule has 1 N–H and O–H groups in total. The van der Waals surface area contributed by atoms with E-state index >= 15 is 0 Å². The Morgan fingerprint density at radius 1 is 1.25 bits per heavy atom. The zero-order chi connectivity index (χ0) is 11.1. The van der Waals surface area contributed by atoms with E-state index in [-0.39, 0.29) is 6.10 Å². The summed E-state index contributed by atoms with van der Waals surface area (Å²) < 4.78 is 12.7. The number of halogens is 1. The molecule has 3 rings (SSSR count). The number of hydrogen-bond acceptors (Lipinski definition) is 4. The molecule has 0 aromatic carbocycles. The highest BCUT2D eigenvalue weighted by atomic mass is 19.1. The maximum Gasteiger partial charge on any atom is 0.225 e. The second kappa shape index (κ2) is 3.66. The molecular weight excluding hydrogens is 209 g/mol. The number of fused-ring (bicyclic) bond motifs is 1. The lowest BCUT2D eigenvalue weighted by molar-refractivity contribution is 0.133. The van der Waals surface area contributed by atoms with Gasteiger partial charge in [-0.3, -0.25) is 0 Å². The normalized spacial score (nSPS) is 33.1. The molecule has 1 saturated heterocycles. The van der Waals surface area contributed by atoms with Crippen molar-refractivity contribution in [1.29, 1.82) is 0 Å². The second-order valence-corrected chi connectivity index (χ2v) is 4.67. The topological polar surface area (TPSA) is 49.2 Å². The van der Waals surface area contributed by atoms with Gasteiger partial charge in [0.15, 0.2) is 5.82 Å². The fraction of sp³-hybridized carbons (Fsp3) is 0.636. The molecule has 0 amide bonds. The highest BCUT2D eigenvalue weighted by Crippen LogP contribution is 2.38. The van der Waals surface area contributed by atoms with E-state index in [1.165, 1.54) is 12.4 Å². The van der Waals surface area contributed by atoms with Gasteiger partial charge in [-0.25, -0.2) is 14.4 Å². The summed E-state index contributed by atoms with van der Waals surface area (Å²) in [6.07, 6.45) is 4.17. The van der Waals surface area contributed by atoms with Gasteiger partial charge in [-0.1, -0.05) is 0 Å². The van der Waals surface area contributed by atoms with Crippen LogP contribution in [-0.4, -0.2) is 34.3 Å². The fourth-order valence-electron chi connectivity index (χ4n) is 2.87. The fourth-order valence-corrected chi connectivity index (χ4v) is 2.87. The summed E-state index contributed by atoms with van der Waals surface area (Å²) >= 11 is 0. The summed E-state index contributed by atoms with van der Waals surface area (Å²) in [6, 6.07) is 0. The van der Waals surface area contributed by atoms with Gasteiger partial charge in [0.25, 0.3) is 0 Å². The van der Waals surface area contributed by atoms with E-state index in [1.807, 2.05) is 4.90 Å². The van der Waals surface area contributed by atoms with Crippen molar-refractivity contribution in [2.45, 2.75) is 18.9 Å². The van der Waals surface area contributed by atoms with E-state index in [0.29, 0.717) is 17.8 Å². The van der Waals surface area contributed by atoms with Crippen LogP contribution in [0.2, 0.25) is 0 Å². The molecule has 1 aromatic rings. The van der Waals surface area contributed by atoms with E-state index in [4.69, 9.17) is 0 Å². The Kier molecular flexibility index (Phi) is 2.28. The van der Waals surface area contributed by atoms with Crippen molar-refractivity contribution in [3.63, 3.8) is 0 Å². The van der Waals surface area contributed by atoms with Crippen molar-refractivity contribution in [2.75, 3.05) is 18.0 Å². The van der Waals surface area contributed by atoms with Gasteiger partial charge in [-0.2, -0.15) is 0 Å². The number of rotatable bonds is 1. The largest absolute Gasteiger partial charge is 0.393 e. The van der Waals surface area contributed by atoms with Gasteiger partial charge in [-0.15, -0.1) is 0 Å². The van der Waals surface area contributed by atoms with Crippen molar-refractivity contribution in [3.05, 3.63) is 18.2 Å². The van der Waals surface area contributed by atoms with Gasteiger partial charge < -0.3 is 10.0 Å². The molecule has 1 aromatic heterocycles. The number of aliphatic hydroxyl groups is 1. The highest BCUT2D eigenvalue weighted by Gasteiger charge is 2.42. The van der Waals surface area contributed by atoms with Crippen LogP contribution in [-0.2, 0) is 0 Å². The van der Waals surface area contributed by atoms with Gasteiger partial charge in [0.2, 0.25) is 5.95 Å². The first-order valence-electron chi connectivity index (χ1n) is 5.64. The van der Waals surface area contributed by atoms with Gasteiger partial charge in [-0.05, 0) is 18.8 Å². The molecule has 1 saturated carbocycles. The van der Waals surface area contributed by atoms with Crippen LogP contribution in [0.5, 0.6) is 0 Å². The van der Waals surface area contributed by atoms with Crippen LogP contribution in [0.4, 0.5) is 10.3 Å². The van der Waals surface area contributed by atoms with Crippen LogP contribution in [0.1, 0.15) is 12.8 Å². The molecular formula is C11H14FN3O. The summed E-state index contributed by atoms with van der Waals surface area (Å²) in [7, 11) is 0. The first-order chi connectivity index (χ1) is 7.74. The SMILES string of the molecule is OC1CCC2CN(c3ncc(F)cn3)CC12. The number of hydrogen-bond donors (Lipinski definition) is 1. The smallest absolute Gasteiger partial charge is 0.225 e. The number of aliphatic hydroxyl groups excluding tert-OH is 1. The maximum absolute atomic E-state index is 12.7. The lowest BCUT2D eigenvalue weighted by Gasteiger charge is -2.17. The third-order valence-corrected chi connectivity index (χ3v) is 3.71. The van der Waals surface area contributed by atoms with Gasteiger partial charge >= 0.3 is 0 Å². The number of anilines is 1. The Morgan fingerprint density at radius 3 is 2.69 bits per heavy atom. The van der Waals surface area contributed by atoms with Gasteiger partial charge in [0, 0.05) is 19.0 Å². The molecule has 1 aliphatic heterocycles. The Morgan fingerprint density at radius 2 is 2.00 bits per heavy atom. The summed E-state index contributed by atoms with van der Waals surface area (Å²) in [4.78, 5) is 9.98. The van der Waals surface area contributed by atoms with E-state index in [9.17, 15) is 9.50 Å². The van der Waals surface area contributed by atoms with Crippen LogP contribution in [0.3, 0.4) is 0 Å². The third-order valence-electron chi connectivity index (χ3n) is 3.71. The molecule has 1 aliphatic carbocycles. The lowest BCUT2D eigenvalue weighted by atomic mass is 10.00. The monoisotopic (exact) mass is 223 g/mol. The average molecular weight is 223 g/mol. The minimum Gasteiger partial charge on any atom is -0.393 e. The zero-order valence-electron chi connectivity index (χ0n) is 8.88. The van der Waals surface area contributed by atoms with Crippen LogP contribution in [0.15, 0.2) is 12.4 Å². The summed E-state index contributed by atoms with van der Waals surface area (Å²) in [6.45, 7) is 1.67. The molecule has 2 aliphatic rings. The Hall–Kier alpha value is -1.23. The Labute approximate surface area is 93.1 Å². The average Bonchev–Trinajstić information content (AvgIpc) is 2.83. The second-order valence-electron chi connectivity index (χ2n) is 4.67. The summed E-state index contributed by atoms with van der Waals surface area (Å²) in [5.41, 5.74) is 0. The summed E-state index contributed by atoms with van der Waals surface area (Å²) in [5, 5.41) is 9.78. The predicted molar refractivity (Wildman–Crippen MR) is 56.4 cm³/mol. The molecule has 3 unspecified atom stereocenters. The molecule has 0 spiro atoms. The quantitative estimate of drug-likeness (QED) is 0.766. The van der Waals surface area contributed by atoms with Crippen molar-refractivity contribution in [2.24, 2.45) is 11.8 Å². The van der Waals surface area contributed by atoms with Crippen molar-refractivity contribution >= 4 is 5.95 Å². The third kappa shape index (κ3) is 1.55. The maximum atomic E-state index is 12.7. The predicted octanol–water partition coefficient (Wildman–Crippen LogP) is 0.823. The van der Waals surface area contributed by atoms with E-state index in [2.05, 4.69) is 9.97 Å². The molecule has 0 bridgehead atoms. The molecule has 16 heavy (non-hydrogen) atoms. The summed E-state index contributed by atoms with van der Waals surface area (Å²) in [5.74, 6) is 1.04. The van der Waals surface area contributed by atoms with Gasteiger partial charge in [0.1, 0.15) is 0 Å². The zero-order valence-corrected chi connectivity index (χ0v) is 8.88. The van der Waals surface area contributed by atoms with E-state index < -0.39 is 5.82 Å². The first-order valence-corrected chi connectivity index (χ1v) is 5.64. The van der Waals surface area contributed by atoms with Gasteiger partial charge in [0.05, 0.1) is 18.5 Å². The van der Waals surface area contributed by atoms with Crippen LogP contribution < -0.4 is 4.90 Å². The van der Waals surface area contributed by atoms with Crippen molar-refractivity contribution in [3.8, 4) is 0 Å². The Balaban J connectivity index is 1.76. The molecule has 2 heterocycles.